The van der Waals surface area contributed by atoms with Crippen LogP contribution in [0.3, 0.4) is 0 Å². The van der Waals surface area contributed by atoms with E-state index in [2.05, 4.69) is 30.6 Å². The third kappa shape index (κ3) is 6.33. The molecule has 7 heteroatoms. The van der Waals surface area contributed by atoms with E-state index in [0.29, 0.717) is 13.1 Å². The van der Waals surface area contributed by atoms with Crippen LogP contribution < -0.4 is 10.6 Å². The summed E-state index contributed by atoms with van der Waals surface area (Å²) in [5, 5.41) is 14.8. The Morgan fingerprint density at radius 1 is 1.00 bits per heavy atom. The lowest BCUT2D eigenvalue weighted by atomic mass is 9.68. The molecule has 1 fully saturated rings. The molecule has 0 saturated carbocycles. The minimum atomic E-state index is -0.557. The third-order valence-electron chi connectivity index (χ3n) is 6.94. The largest absolute Gasteiger partial charge is 0.396 e. The van der Waals surface area contributed by atoms with Gasteiger partial charge in [0.05, 0.1) is 11.8 Å². The monoisotopic (exact) mass is 449 g/mol. The molecule has 1 heterocycles. The maximum Gasteiger partial charge on any atom is 0.243 e. The summed E-state index contributed by atoms with van der Waals surface area (Å²) < 4.78 is 0. The Hall–Kier alpha value is -1.89. The number of allylic oxidation sites excluding steroid dienone is 1. The first-order valence-electron chi connectivity index (χ1n) is 12.6. The molecule has 2 aliphatic rings. The number of carbonyl (C=O) groups excluding carboxylic acids is 3. The number of hydrogen-bond acceptors (Lipinski definition) is 4. The second kappa shape index (κ2) is 13.6. The van der Waals surface area contributed by atoms with Gasteiger partial charge >= 0.3 is 0 Å². The van der Waals surface area contributed by atoms with Gasteiger partial charge in [-0.05, 0) is 31.6 Å². The summed E-state index contributed by atoms with van der Waals surface area (Å²) >= 11 is 0. The average molecular weight is 450 g/mol. The summed E-state index contributed by atoms with van der Waals surface area (Å²) in [7, 11) is 1.62. The predicted octanol–water partition coefficient (Wildman–Crippen LogP) is 2.64. The molecular formula is C25H43N3O4. The second-order valence-corrected chi connectivity index (χ2v) is 9.19. The average Bonchev–Trinajstić information content (AvgIpc) is 3.07. The third-order valence-corrected chi connectivity index (χ3v) is 6.94. The van der Waals surface area contributed by atoms with Crippen LogP contribution in [0.2, 0.25) is 0 Å². The van der Waals surface area contributed by atoms with Gasteiger partial charge in [-0.2, -0.15) is 0 Å². The molecule has 1 saturated heterocycles. The van der Waals surface area contributed by atoms with Gasteiger partial charge in [0.25, 0.3) is 0 Å². The van der Waals surface area contributed by atoms with Gasteiger partial charge in [0.15, 0.2) is 0 Å². The highest BCUT2D eigenvalue weighted by molar-refractivity contribution is 5.96. The quantitative estimate of drug-likeness (QED) is 0.280. The zero-order valence-electron chi connectivity index (χ0n) is 20.1. The molecule has 0 radical (unpaired) electrons. The van der Waals surface area contributed by atoms with E-state index in [1.165, 1.54) is 0 Å². The maximum absolute atomic E-state index is 13.6. The van der Waals surface area contributed by atoms with Crippen molar-refractivity contribution in [1.82, 2.24) is 15.5 Å². The highest BCUT2D eigenvalue weighted by atomic mass is 16.3. The maximum atomic E-state index is 13.6. The van der Waals surface area contributed by atoms with Crippen LogP contribution in [0.1, 0.15) is 71.6 Å². The van der Waals surface area contributed by atoms with Crippen LogP contribution in [0.25, 0.3) is 0 Å². The number of hydrogen-bond donors (Lipinski definition) is 3. The molecule has 0 spiro atoms. The van der Waals surface area contributed by atoms with Gasteiger partial charge in [-0.1, -0.05) is 58.1 Å². The van der Waals surface area contributed by atoms with Crippen molar-refractivity contribution in [2.75, 3.05) is 26.7 Å². The van der Waals surface area contributed by atoms with Crippen LogP contribution in [0.4, 0.5) is 0 Å². The van der Waals surface area contributed by atoms with Gasteiger partial charge in [0.1, 0.15) is 6.04 Å². The van der Waals surface area contributed by atoms with Crippen molar-refractivity contribution in [2.24, 2.45) is 23.7 Å². The van der Waals surface area contributed by atoms with Gasteiger partial charge < -0.3 is 20.6 Å². The number of nitrogens with zero attached hydrogens (tertiary/aromatic N) is 1. The summed E-state index contributed by atoms with van der Waals surface area (Å²) in [4.78, 5) is 41.5. The number of fused-ring (bicyclic) bond motifs is 1. The van der Waals surface area contributed by atoms with Crippen molar-refractivity contribution in [2.45, 2.75) is 77.7 Å². The van der Waals surface area contributed by atoms with Crippen molar-refractivity contribution in [3.8, 4) is 0 Å². The van der Waals surface area contributed by atoms with Gasteiger partial charge in [-0.25, -0.2) is 0 Å². The lowest BCUT2D eigenvalue weighted by Gasteiger charge is -2.34. The Labute approximate surface area is 193 Å². The van der Waals surface area contributed by atoms with E-state index in [0.717, 1.165) is 57.8 Å². The van der Waals surface area contributed by atoms with Crippen molar-refractivity contribution in [3.05, 3.63) is 12.2 Å². The fourth-order valence-electron chi connectivity index (χ4n) is 5.31. The number of aliphatic hydroxyl groups is 1. The van der Waals surface area contributed by atoms with Gasteiger partial charge in [-0.3, -0.25) is 14.4 Å². The lowest BCUT2D eigenvalue weighted by Crippen LogP contribution is -2.48. The Bertz CT molecular complexity index is 651. The Morgan fingerprint density at radius 2 is 1.75 bits per heavy atom. The molecular weight excluding hydrogens is 406 g/mol. The fraction of sp³-hybridized carbons (Fsp3) is 0.800. The Morgan fingerprint density at radius 3 is 2.41 bits per heavy atom. The molecule has 0 aromatic rings. The molecule has 32 heavy (non-hydrogen) atoms. The van der Waals surface area contributed by atoms with Crippen LogP contribution in [-0.4, -0.2) is 60.5 Å². The van der Waals surface area contributed by atoms with E-state index in [1.807, 2.05) is 6.08 Å². The summed E-state index contributed by atoms with van der Waals surface area (Å²) in [6.45, 7) is 5.51. The topological polar surface area (TPSA) is 98.7 Å². The first-order chi connectivity index (χ1) is 15.5. The second-order valence-electron chi connectivity index (χ2n) is 9.19. The number of unbranched alkanes of at least 4 members (excludes halogenated alkanes) is 5. The van der Waals surface area contributed by atoms with Crippen molar-refractivity contribution >= 4 is 17.7 Å². The zero-order valence-corrected chi connectivity index (χ0v) is 20.1. The molecule has 0 unspecified atom stereocenters. The molecule has 5 atom stereocenters. The summed E-state index contributed by atoms with van der Waals surface area (Å²) in [6, 6.07) is -0.557. The first kappa shape index (κ1) is 26.4. The van der Waals surface area contributed by atoms with E-state index in [1.54, 1.807) is 11.9 Å². The number of likely N-dealkylation sites (tertiary alicyclic amines) is 1. The number of amides is 3. The molecule has 2 rings (SSSR count). The normalized spacial score (nSPS) is 26.8. The van der Waals surface area contributed by atoms with Crippen LogP contribution in [0.5, 0.6) is 0 Å². The fourth-order valence-corrected chi connectivity index (χ4v) is 5.31. The smallest absolute Gasteiger partial charge is 0.243 e. The molecule has 182 valence electrons. The Kier molecular flexibility index (Phi) is 11.2. The highest BCUT2D eigenvalue weighted by Crippen LogP contribution is 2.45. The summed E-state index contributed by atoms with van der Waals surface area (Å²) in [5.41, 5.74) is 0. The van der Waals surface area contributed by atoms with E-state index >= 15 is 0 Å². The molecule has 1 aliphatic carbocycles. The summed E-state index contributed by atoms with van der Waals surface area (Å²) in [6.07, 6.45) is 12.3. The predicted molar refractivity (Wildman–Crippen MR) is 126 cm³/mol. The van der Waals surface area contributed by atoms with Crippen molar-refractivity contribution in [1.29, 1.82) is 0 Å². The van der Waals surface area contributed by atoms with Crippen LogP contribution in [-0.2, 0) is 14.4 Å². The van der Waals surface area contributed by atoms with E-state index in [-0.39, 0.29) is 36.2 Å². The molecule has 0 aromatic heterocycles. The van der Waals surface area contributed by atoms with Crippen molar-refractivity contribution < 1.29 is 19.5 Å². The number of aliphatic hydroxyl groups excluding tert-OH is 1. The molecule has 0 aromatic carbocycles. The SMILES string of the molecule is CCCCCNC(=O)[C@@H]1[C@H]2C=C[C@@H](CCC)[C@@H](C(=O)NC)[C@H]2C(=O)N1CCCCCCO. The summed E-state index contributed by atoms with van der Waals surface area (Å²) in [5.74, 6) is -1.46. The number of rotatable bonds is 14. The highest BCUT2D eigenvalue weighted by Gasteiger charge is 2.56. The number of carbonyl (C=O) groups is 3. The standard InChI is InChI=1S/C25H43N3O4/c1-4-6-9-15-27-24(31)22-19-14-13-18(12-5-2)20(23(30)26-3)21(19)25(32)28(22)16-10-7-8-11-17-29/h13-14,18-22,29H,4-12,15-17H2,1-3H3,(H,26,30)(H,27,31)/t18-,19+,20-,21+,22+/m1/s1. The molecule has 3 N–H and O–H groups in total. The minimum absolute atomic E-state index is 0.0166. The van der Waals surface area contributed by atoms with Gasteiger partial charge in [0, 0.05) is 32.7 Å². The van der Waals surface area contributed by atoms with E-state index in [9.17, 15) is 14.4 Å². The molecule has 0 bridgehead atoms. The molecule has 3 amide bonds. The van der Waals surface area contributed by atoms with E-state index in [4.69, 9.17) is 5.11 Å². The van der Waals surface area contributed by atoms with Crippen LogP contribution in [0.15, 0.2) is 12.2 Å². The van der Waals surface area contributed by atoms with Gasteiger partial charge in [0.2, 0.25) is 17.7 Å². The molecule has 1 aliphatic heterocycles. The van der Waals surface area contributed by atoms with Crippen LogP contribution in [0, 0.1) is 23.7 Å². The van der Waals surface area contributed by atoms with E-state index < -0.39 is 17.9 Å². The van der Waals surface area contributed by atoms with Crippen molar-refractivity contribution in [3.63, 3.8) is 0 Å². The minimum Gasteiger partial charge on any atom is -0.396 e. The zero-order chi connectivity index (χ0) is 23.5. The lowest BCUT2D eigenvalue weighted by molar-refractivity contribution is -0.140. The first-order valence-corrected chi connectivity index (χ1v) is 12.6. The van der Waals surface area contributed by atoms with Gasteiger partial charge in [-0.15, -0.1) is 0 Å². The Balaban J connectivity index is 2.25. The van der Waals surface area contributed by atoms with Crippen LogP contribution >= 0.6 is 0 Å². The number of nitrogens with one attached hydrogen (secondary N) is 2. The molecule has 7 nitrogen and oxygen atoms in total.